The summed E-state index contributed by atoms with van der Waals surface area (Å²) >= 11 is 11.0. The van der Waals surface area contributed by atoms with Gasteiger partial charge in [0.2, 0.25) is 0 Å². The molecule has 1 aromatic carbocycles. The van der Waals surface area contributed by atoms with E-state index in [0.29, 0.717) is 0 Å². The first-order valence-electron chi connectivity index (χ1n) is 6.53. The molecule has 22 heavy (non-hydrogen) atoms. The van der Waals surface area contributed by atoms with E-state index in [0.717, 1.165) is 36.8 Å². The van der Waals surface area contributed by atoms with E-state index in [1.165, 1.54) is 0 Å². The van der Waals surface area contributed by atoms with Crippen molar-refractivity contribution in [3.63, 3.8) is 0 Å². The van der Waals surface area contributed by atoms with Crippen LogP contribution in [0.1, 0.15) is 0 Å². The number of H-pyrrole nitrogens is 1. The molecule has 0 saturated heterocycles. The average molecular weight is 394 g/mol. The van der Waals surface area contributed by atoms with Crippen molar-refractivity contribution in [3.8, 4) is 0 Å². The number of aromatic nitrogens is 3. The van der Waals surface area contributed by atoms with Crippen LogP contribution in [-0.4, -0.2) is 14.4 Å². The van der Waals surface area contributed by atoms with Gasteiger partial charge in [0.25, 0.3) is 0 Å². The van der Waals surface area contributed by atoms with Crippen molar-refractivity contribution in [2.75, 3.05) is 4.72 Å². The van der Waals surface area contributed by atoms with Gasteiger partial charge in [-0.1, -0.05) is 33.6 Å². The highest BCUT2D eigenvalue weighted by Gasteiger charge is 2.07. The number of aromatic amines is 1. The fourth-order valence-corrected chi connectivity index (χ4v) is 3.56. The lowest BCUT2D eigenvalue weighted by Crippen LogP contribution is -1.92. The van der Waals surface area contributed by atoms with E-state index in [9.17, 15) is 0 Å². The van der Waals surface area contributed by atoms with Crippen molar-refractivity contribution in [2.24, 2.45) is 0 Å². The third-order valence-corrected chi connectivity index (χ3v) is 4.94. The second kappa shape index (κ2) is 5.53. The van der Waals surface area contributed by atoms with Crippen LogP contribution >= 0.6 is 39.5 Å². The first-order valence-corrected chi connectivity index (χ1v) is 8.51. The number of hydrogen-bond acceptors (Lipinski definition) is 3. The summed E-state index contributed by atoms with van der Waals surface area (Å²) in [5.41, 5.74) is 1.92. The Labute approximate surface area is 144 Å². The summed E-state index contributed by atoms with van der Waals surface area (Å²) < 4.78 is 6.36. The third kappa shape index (κ3) is 2.47. The molecular weight excluding hydrogens is 384 g/mol. The highest BCUT2D eigenvalue weighted by molar-refractivity contribution is 9.10. The van der Waals surface area contributed by atoms with Gasteiger partial charge in [-0.15, -0.1) is 0 Å². The monoisotopic (exact) mass is 392 g/mol. The molecule has 0 aliphatic heterocycles. The molecule has 2 N–H and O–H groups in total. The molecule has 0 amide bonds. The van der Waals surface area contributed by atoms with Crippen LogP contribution in [0.25, 0.3) is 16.6 Å². The molecule has 0 fully saturated rings. The van der Waals surface area contributed by atoms with Gasteiger partial charge in [0.05, 0.1) is 11.1 Å². The molecule has 0 spiro atoms. The first-order chi connectivity index (χ1) is 10.7. The molecule has 0 atom stereocenters. The topological polar surface area (TPSA) is 45.1 Å². The molecule has 4 aromatic rings. The van der Waals surface area contributed by atoms with E-state index in [-0.39, 0.29) is 0 Å². The lowest BCUT2D eigenvalue weighted by atomic mass is 10.2. The molecule has 3 heterocycles. The Morgan fingerprint density at radius 3 is 3.09 bits per heavy atom. The van der Waals surface area contributed by atoms with Crippen LogP contribution < -0.4 is 4.72 Å². The number of hydrogen-bond donors (Lipinski definition) is 2. The van der Waals surface area contributed by atoms with Crippen molar-refractivity contribution < 1.29 is 0 Å². The summed E-state index contributed by atoms with van der Waals surface area (Å²) in [5, 5.41) is 1.87. The summed E-state index contributed by atoms with van der Waals surface area (Å²) in [5.74, 6) is 0.927. The van der Waals surface area contributed by atoms with Crippen molar-refractivity contribution in [1.29, 1.82) is 0 Å². The molecule has 110 valence electrons. The summed E-state index contributed by atoms with van der Waals surface area (Å²) in [6.07, 6.45) is 5.77. The molecular formula is C15H10BrClN4S. The van der Waals surface area contributed by atoms with E-state index in [1.807, 2.05) is 53.3 Å². The van der Waals surface area contributed by atoms with Crippen LogP contribution in [0.2, 0.25) is 5.02 Å². The first kappa shape index (κ1) is 14.0. The Bertz CT molecular complexity index is 898. The van der Waals surface area contributed by atoms with Crippen LogP contribution in [0.3, 0.4) is 0 Å². The number of nitrogens with one attached hydrogen (secondary N) is 2. The van der Waals surface area contributed by atoms with Gasteiger partial charge in [-0.25, -0.2) is 4.98 Å². The smallest absolute Gasteiger partial charge is 0.140 e. The van der Waals surface area contributed by atoms with Crippen LogP contribution in [0.5, 0.6) is 0 Å². The lowest BCUT2D eigenvalue weighted by Gasteiger charge is -2.04. The number of anilines is 1. The van der Waals surface area contributed by atoms with E-state index >= 15 is 0 Å². The van der Waals surface area contributed by atoms with E-state index in [4.69, 9.17) is 11.6 Å². The summed E-state index contributed by atoms with van der Waals surface area (Å²) in [6.45, 7) is 0. The van der Waals surface area contributed by atoms with Crippen molar-refractivity contribution >= 4 is 61.8 Å². The normalized spacial score (nSPS) is 11.4. The average Bonchev–Trinajstić information content (AvgIpc) is 3.08. The maximum atomic E-state index is 6.01. The predicted molar refractivity (Wildman–Crippen MR) is 95.7 cm³/mol. The zero-order valence-corrected chi connectivity index (χ0v) is 14.3. The molecule has 7 heteroatoms. The van der Waals surface area contributed by atoms with Crippen molar-refractivity contribution in [3.05, 3.63) is 58.4 Å². The maximum Gasteiger partial charge on any atom is 0.140 e. The Morgan fingerprint density at radius 1 is 1.27 bits per heavy atom. The van der Waals surface area contributed by atoms with Crippen LogP contribution in [0, 0.1) is 0 Å². The number of fused-ring (bicyclic) bond motifs is 2. The number of imidazole rings is 1. The zero-order valence-electron chi connectivity index (χ0n) is 11.2. The van der Waals surface area contributed by atoms with Gasteiger partial charge < -0.3 is 9.71 Å². The fourth-order valence-electron chi connectivity index (χ4n) is 2.29. The lowest BCUT2D eigenvalue weighted by molar-refractivity contribution is 1.19. The van der Waals surface area contributed by atoms with E-state index in [1.54, 1.807) is 11.9 Å². The Kier molecular flexibility index (Phi) is 3.52. The standard InChI is InChI=1S/C15H10BrClN4S/c16-9-3-4-21-14(5-9)19-8-15(21)20-22-13-7-18-12-6-10(17)1-2-11(12)13/h1-8,18,20H. The Morgan fingerprint density at radius 2 is 2.18 bits per heavy atom. The van der Waals surface area contributed by atoms with Crippen LogP contribution in [0.4, 0.5) is 5.82 Å². The summed E-state index contributed by atoms with van der Waals surface area (Å²) in [6, 6.07) is 9.80. The van der Waals surface area contributed by atoms with Gasteiger partial charge in [-0.3, -0.25) is 4.40 Å². The van der Waals surface area contributed by atoms with Gasteiger partial charge in [0, 0.05) is 32.8 Å². The maximum absolute atomic E-state index is 6.01. The Hall–Kier alpha value is -1.63. The van der Waals surface area contributed by atoms with Gasteiger partial charge in [-0.05, 0) is 36.2 Å². The van der Waals surface area contributed by atoms with Gasteiger partial charge in [0.15, 0.2) is 0 Å². The molecule has 0 radical (unpaired) electrons. The summed E-state index contributed by atoms with van der Waals surface area (Å²) in [4.78, 5) is 8.72. The number of pyridine rings is 1. The number of rotatable bonds is 3. The molecule has 0 bridgehead atoms. The highest BCUT2D eigenvalue weighted by Crippen LogP contribution is 2.30. The molecule has 0 unspecified atom stereocenters. The van der Waals surface area contributed by atoms with Crippen LogP contribution in [0.15, 0.2) is 58.3 Å². The van der Waals surface area contributed by atoms with Gasteiger partial charge >= 0.3 is 0 Å². The third-order valence-electron chi connectivity index (χ3n) is 3.35. The minimum absolute atomic E-state index is 0.728. The number of benzene rings is 1. The number of nitrogens with zero attached hydrogens (tertiary/aromatic N) is 2. The molecule has 4 nitrogen and oxygen atoms in total. The molecule has 0 aliphatic carbocycles. The largest absolute Gasteiger partial charge is 0.360 e. The summed E-state index contributed by atoms with van der Waals surface area (Å²) in [7, 11) is 0. The zero-order chi connectivity index (χ0) is 15.1. The van der Waals surface area contributed by atoms with Crippen molar-refractivity contribution in [2.45, 2.75) is 4.90 Å². The van der Waals surface area contributed by atoms with E-state index in [2.05, 4.69) is 30.6 Å². The molecule has 3 aromatic heterocycles. The highest BCUT2D eigenvalue weighted by atomic mass is 79.9. The predicted octanol–water partition coefficient (Wildman–Crippen LogP) is 5.35. The molecule has 0 saturated carbocycles. The minimum Gasteiger partial charge on any atom is -0.360 e. The fraction of sp³-hybridized carbons (Fsp3) is 0. The van der Waals surface area contributed by atoms with E-state index < -0.39 is 0 Å². The Balaban J connectivity index is 1.63. The molecule has 0 aliphatic rings. The quantitative estimate of drug-likeness (QED) is 0.461. The van der Waals surface area contributed by atoms with Gasteiger partial charge in [-0.2, -0.15) is 0 Å². The second-order valence-corrected chi connectivity index (χ2v) is 6.96. The minimum atomic E-state index is 0.728. The van der Waals surface area contributed by atoms with Crippen LogP contribution in [-0.2, 0) is 0 Å². The molecule has 4 rings (SSSR count). The second-order valence-electron chi connectivity index (χ2n) is 4.76. The van der Waals surface area contributed by atoms with Gasteiger partial charge in [0.1, 0.15) is 11.5 Å². The van der Waals surface area contributed by atoms with Crippen molar-refractivity contribution in [1.82, 2.24) is 14.4 Å². The SMILES string of the molecule is Clc1ccc2c(SNc3cnc4cc(Br)ccn34)c[nH]c2c1. The number of halogens is 2.